The lowest BCUT2D eigenvalue weighted by Gasteiger charge is -2.36. The minimum absolute atomic E-state index is 0.0236. The van der Waals surface area contributed by atoms with Gasteiger partial charge in [0.15, 0.2) is 0 Å². The third-order valence-electron chi connectivity index (χ3n) is 27.7. The molecule has 19 aromatic rings. The van der Waals surface area contributed by atoms with Crippen LogP contribution in [-0.4, -0.2) is 93.8 Å². The second kappa shape index (κ2) is 36.8. The number of para-hydroxylation sites is 4. The molecule has 2 aromatic heterocycles. The Morgan fingerprint density at radius 1 is 0.303 bits per heavy atom. The molecule has 2 aliphatic carbocycles. The van der Waals surface area contributed by atoms with Crippen LogP contribution >= 0.6 is 0 Å². The molecule has 696 valence electrons. The standard InChI is InChI=1S/C122H90N2O18/c1-69(2)119(129)137-85-35-23-37-87(63-85)139-121(131)97(61-79-33-21-41-91-89-39-17-19-43-99(89)141-113(79)91)123-115(125)93-65-101(133-81-53-45-75(46-54-81)71-25-9-5-10-26-71)107-109-103(135-83-57-49-77(50-58-83)73-29-13-7-14-30-73)67-95-106-96(118(128)124(117(95)127)98(122(132)140-88-38-24-36-86(64-88)138-120(130)70(3)4)62-80-34-22-42-92-90-40-18-20-44-100(90)142-114(80)92)68-104(136-84-59-51-78(52-60-84)74-31-15-8-16-32-74)110(112(106)109)108-102(66-94(116(123)126)105(93)111(107)108)134-82-55-47-76(48-56-82)72-27-11-6-12-28-72/h5-22,25-34,39-60,65-68,85-88,97-98H,1,3,23-24,35-38,61-64H2,2,4H3. The Bertz CT molecular complexity index is 7580. The van der Waals surface area contributed by atoms with Crippen LogP contribution in [-0.2, 0) is 51.0 Å². The summed E-state index contributed by atoms with van der Waals surface area (Å²) in [6.45, 7) is 10.7. The fourth-order valence-electron chi connectivity index (χ4n) is 20.9. The maximum atomic E-state index is 17.5. The minimum atomic E-state index is -1.76. The van der Waals surface area contributed by atoms with Crippen molar-refractivity contribution in [2.45, 2.75) is 115 Å². The van der Waals surface area contributed by atoms with Gasteiger partial charge in [0, 0.05) is 101 Å². The van der Waals surface area contributed by atoms with Crippen molar-refractivity contribution in [1.29, 1.82) is 0 Å². The third-order valence-corrected chi connectivity index (χ3v) is 27.7. The van der Waals surface area contributed by atoms with Crippen molar-refractivity contribution < 1.29 is 85.1 Å². The summed E-state index contributed by atoms with van der Waals surface area (Å²) in [4.78, 5) is 131. The molecule has 20 heteroatoms. The van der Waals surface area contributed by atoms with Gasteiger partial charge in [-0.3, -0.25) is 29.0 Å². The minimum Gasteiger partial charge on any atom is -0.461 e. The highest BCUT2D eigenvalue weighted by molar-refractivity contribution is 6.45. The number of carbonyl (C=O) groups is 8. The quantitative estimate of drug-likeness (QED) is 0.0122. The zero-order valence-corrected chi connectivity index (χ0v) is 77.4. The van der Waals surface area contributed by atoms with E-state index in [0.29, 0.717) is 82.8 Å². The molecule has 4 amide bonds. The molecule has 6 unspecified atom stereocenters. The lowest BCUT2D eigenvalue weighted by atomic mass is 9.80. The van der Waals surface area contributed by atoms with Gasteiger partial charge in [0.1, 0.15) is 105 Å². The number of carbonyl (C=O) groups excluding carboxylic acids is 8. The first-order valence-electron chi connectivity index (χ1n) is 47.7. The number of amides is 4. The fraction of sp³-hybridized carbons (Fsp3) is 0.148. The number of imide groups is 2. The van der Waals surface area contributed by atoms with Gasteiger partial charge >= 0.3 is 23.9 Å². The zero-order chi connectivity index (χ0) is 96.7. The molecule has 6 atom stereocenters. The monoisotopic (exact) mass is 1870 g/mol. The lowest BCUT2D eigenvalue weighted by Crippen LogP contribution is -2.53. The number of fused-ring (bicyclic) bond motifs is 8. The molecule has 23 rings (SSSR count). The topological polar surface area (TPSA) is 243 Å². The van der Waals surface area contributed by atoms with Gasteiger partial charge in [-0.05, 0) is 193 Å². The number of esters is 4. The Morgan fingerprint density at radius 2 is 0.563 bits per heavy atom. The van der Waals surface area contributed by atoms with Crippen LogP contribution in [0.5, 0.6) is 46.0 Å². The molecule has 17 aromatic carbocycles. The van der Waals surface area contributed by atoms with E-state index in [1.165, 1.54) is 0 Å². The smallest absolute Gasteiger partial charge is 0.333 e. The Balaban J connectivity index is 0.804. The molecule has 0 bridgehead atoms. The van der Waals surface area contributed by atoms with Gasteiger partial charge in [-0.2, -0.15) is 0 Å². The van der Waals surface area contributed by atoms with Gasteiger partial charge in [-0.1, -0.05) is 256 Å². The van der Waals surface area contributed by atoms with Gasteiger partial charge in [-0.25, -0.2) is 19.2 Å². The van der Waals surface area contributed by atoms with Crippen molar-refractivity contribution in [1.82, 2.24) is 9.80 Å². The summed E-state index contributed by atoms with van der Waals surface area (Å²) in [5, 5.41) is 4.23. The largest absolute Gasteiger partial charge is 0.461 e. The maximum Gasteiger partial charge on any atom is 0.333 e. The van der Waals surface area contributed by atoms with Gasteiger partial charge in [-0.15, -0.1) is 0 Å². The third kappa shape index (κ3) is 16.4. The second-order valence-electron chi connectivity index (χ2n) is 36.9. The van der Waals surface area contributed by atoms with Crippen molar-refractivity contribution in [3.05, 3.63) is 385 Å². The Kier molecular flexibility index (Phi) is 22.9. The number of benzene rings is 17. The van der Waals surface area contributed by atoms with E-state index >= 15 is 28.8 Å². The summed E-state index contributed by atoms with van der Waals surface area (Å²) in [5.74, 6) is -5.86. The van der Waals surface area contributed by atoms with Crippen molar-refractivity contribution in [3.8, 4) is 90.5 Å². The van der Waals surface area contributed by atoms with Crippen molar-refractivity contribution in [2.75, 3.05) is 0 Å². The first-order valence-corrected chi connectivity index (χ1v) is 47.7. The van der Waals surface area contributed by atoms with Crippen molar-refractivity contribution >= 4 is 134 Å². The number of furan rings is 2. The average Bonchev–Trinajstić information content (AvgIpc) is 0.879. The van der Waals surface area contributed by atoms with Crippen LogP contribution in [0.15, 0.2) is 361 Å². The van der Waals surface area contributed by atoms with Crippen molar-refractivity contribution in [3.63, 3.8) is 0 Å². The van der Waals surface area contributed by atoms with Crippen LogP contribution < -0.4 is 18.9 Å². The normalized spacial score (nSPS) is 16.2. The van der Waals surface area contributed by atoms with Crippen LogP contribution in [0.1, 0.15) is 118 Å². The van der Waals surface area contributed by atoms with Gasteiger partial charge in [0.25, 0.3) is 23.6 Å². The fourth-order valence-corrected chi connectivity index (χ4v) is 20.9. The first kappa shape index (κ1) is 88.5. The molecule has 20 nitrogen and oxygen atoms in total. The number of ether oxygens (including phenoxy) is 8. The van der Waals surface area contributed by atoms with E-state index in [0.717, 1.165) is 65.1 Å². The van der Waals surface area contributed by atoms with E-state index in [4.69, 9.17) is 46.7 Å². The molecule has 2 saturated carbocycles. The lowest BCUT2D eigenvalue weighted by molar-refractivity contribution is -0.161. The van der Waals surface area contributed by atoms with Crippen LogP contribution in [0.4, 0.5) is 0 Å². The highest BCUT2D eigenvalue weighted by Crippen LogP contribution is 2.59. The Labute approximate surface area is 814 Å². The Morgan fingerprint density at radius 3 is 0.852 bits per heavy atom. The molecular formula is C122H90N2O18. The summed E-state index contributed by atoms with van der Waals surface area (Å²) < 4.78 is 69.0. The molecule has 0 radical (unpaired) electrons. The number of hydrogen-bond acceptors (Lipinski definition) is 18. The van der Waals surface area contributed by atoms with Crippen LogP contribution in [0.3, 0.4) is 0 Å². The van der Waals surface area contributed by atoms with Crippen LogP contribution in [0.25, 0.3) is 131 Å². The van der Waals surface area contributed by atoms with E-state index in [1.54, 1.807) is 98.8 Å². The Hall–Kier alpha value is -17.5. The summed E-state index contributed by atoms with van der Waals surface area (Å²) >= 11 is 0. The number of hydrogen-bond donors (Lipinski definition) is 0. The SMILES string of the molecule is C=C(C)C(=O)OC1CCCC(OC(=O)C(Cc2cccc3c2oc2ccccc23)N2C(=O)c3cc(Oc4ccc(-c5ccccc5)cc4)c4c5c(Oc6ccc(-c7ccccc7)cc6)cc6c7c(cc(Oc8ccc(-c9ccccc9)cc8)c(c8c(Oc9ccc(-c%10ccccc%10)cc9)cc(c3c48)C2=O)c75)C(=O)N(C(Cc2cccc3c2oc2ccccc23)C(=O)OC2CCCC(OC(=O)C(=C)C)C2)C6=O)C1. The van der Waals surface area contributed by atoms with Crippen LogP contribution in [0, 0.1) is 0 Å². The summed E-state index contributed by atoms with van der Waals surface area (Å²) in [7, 11) is 0. The van der Waals surface area contributed by atoms with Crippen molar-refractivity contribution in [2.24, 2.45) is 0 Å². The number of nitrogens with zero attached hydrogens (tertiary/aromatic N) is 2. The van der Waals surface area contributed by atoms with E-state index < -0.39 is 84.0 Å². The molecule has 0 saturated heterocycles. The van der Waals surface area contributed by atoms with E-state index in [1.807, 2.05) is 243 Å². The summed E-state index contributed by atoms with van der Waals surface area (Å²) in [5.41, 5.74) is 9.76. The zero-order valence-electron chi connectivity index (χ0n) is 77.4. The molecule has 0 spiro atoms. The van der Waals surface area contributed by atoms with Gasteiger partial charge < -0.3 is 46.7 Å². The molecule has 142 heavy (non-hydrogen) atoms. The molecule has 4 aliphatic rings. The molecular weight excluding hydrogens is 1780 g/mol. The molecule has 2 aliphatic heterocycles. The van der Waals surface area contributed by atoms with Crippen LogP contribution in [0.2, 0.25) is 0 Å². The number of rotatable bonds is 26. The first-order chi connectivity index (χ1) is 69.3. The molecule has 0 N–H and O–H groups in total. The summed E-state index contributed by atoms with van der Waals surface area (Å²) in [6, 6.07) is 97.7. The van der Waals surface area contributed by atoms with E-state index in [-0.39, 0.29) is 148 Å². The van der Waals surface area contributed by atoms with E-state index in [2.05, 4.69) is 13.2 Å². The maximum absolute atomic E-state index is 17.5. The average molecular weight is 1870 g/mol. The highest BCUT2D eigenvalue weighted by Gasteiger charge is 2.49. The second-order valence-corrected chi connectivity index (χ2v) is 36.9. The predicted molar refractivity (Wildman–Crippen MR) is 545 cm³/mol. The van der Waals surface area contributed by atoms with Gasteiger partial charge in [0.05, 0.1) is 22.3 Å². The van der Waals surface area contributed by atoms with Gasteiger partial charge in [0.2, 0.25) is 0 Å². The highest BCUT2D eigenvalue weighted by atomic mass is 16.6. The van der Waals surface area contributed by atoms with E-state index in [9.17, 15) is 9.59 Å². The summed E-state index contributed by atoms with van der Waals surface area (Å²) in [6.07, 6.45) is -0.825. The molecule has 4 heterocycles. The predicted octanol–water partition coefficient (Wildman–Crippen LogP) is 27.7. The molecule has 2 fully saturated rings.